The summed E-state index contributed by atoms with van der Waals surface area (Å²) in [5, 5.41) is 8.11. The van der Waals surface area contributed by atoms with Crippen molar-refractivity contribution < 1.29 is 24.4 Å². The molecule has 78 valence electrons. The molecule has 13 heavy (non-hydrogen) atoms. The molecule has 5 heteroatoms. The smallest absolute Gasteiger partial charge is 0.450 e. The first-order chi connectivity index (χ1) is 6.13. The van der Waals surface area contributed by atoms with Gasteiger partial charge in [0.05, 0.1) is 19.3 Å². The van der Waals surface area contributed by atoms with Gasteiger partial charge in [-0.25, -0.2) is 14.6 Å². The van der Waals surface area contributed by atoms with Crippen LogP contribution < -0.4 is 0 Å². The van der Waals surface area contributed by atoms with Crippen molar-refractivity contribution >= 4 is 6.16 Å². The number of carbonyl (C=O) groups is 1. The second-order valence-electron chi connectivity index (χ2n) is 2.79. The van der Waals surface area contributed by atoms with Crippen molar-refractivity contribution in [3.63, 3.8) is 0 Å². The van der Waals surface area contributed by atoms with Crippen LogP contribution in [0.2, 0.25) is 0 Å². The van der Waals surface area contributed by atoms with Crippen molar-refractivity contribution in [3.8, 4) is 0 Å². The van der Waals surface area contributed by atoms with Gasteiger partial charge in [0.15, 0.2) is 0 Å². The third-order valence-electron chi connectivity index (χ3n) is 1.11. The summed E-state index contributed by atoms with van der Waals surface area (Å²) >= 11 is 0. The van der Waals surface area contributed by atoms with E-state index in [4.69, 9.17) is 14.9 Å². The van der Waals surface area contributed by atoms with Crippen molar-refractivity contribution in [3.05, 3.63) is 0 Å². The molecule has 0 rings (SSSR count). The van der Waals surface area contributed by atoms with Crippen LogP contribution in [0.4, 0.5) is 4.79 Å². The van der Waals surface area contributed by atoms with Crippen molar-refractivity contribution in [2.75, 3.05) is 13.2 Å². The second kappa shape index (κ2) is 7.82. The molecule has 0 radical (unpaired) electrons. The third kappa shape index (κ3) is 11.2. The van der Waals surface area contributed by atoms with E-state index in [1.807, 2.05) is 13.8 Å². The summed E-state index contributed by atoms with van der Waals surface area (Å²) in [7, 11) is 0. The van der Waals surface area contributed by atoms with E-state index in [-0.39, 0.29) is 12.7 Å². The molecular weight excluding hydrogens is 176 g/mol. The molecular formula is C8H16O5. The quantitative estimate of drug-likeness (QED) is 0.288. The second-order valence-corrected chi connectivity index (χ2v) is 2.79. The molecule has 0 unspecified atom stereocenters. The first kappa shape index (κ1) is 12.2. The van der Waals surface area contributed by atoms with Crippen LogP contribution in [0.3, 0.4) is 0 Å². The molecule has 0 bridgehead atoms. The maximum absolute atomic E-state index is 9.90. The van der Waals surface area contributed by atoms with Gasteiger partial charge < -0.3 is 9.84 Å². The largest absolute Gasteiger partial charge is 0.505 e. The molecule has 0 aliphatic heterocycles. The molecule has 0 atom stereocenters. The number of unbranched alkanes of at least 4 members (excludes halogenated alkanes) is 1. The number of rotatable bonds is 7. The monoisotopic (exact) mass is 192 g/mol. The van der Waals surface area contributed by atoms with Crippen molar-refractivity contribution in [2.45, 2.75) is 32.8 Å². The lowest BCUT2D eigenvalue weighted by Gasteiger charge is -2.05. The van der Waals surface area contributed by atoms with E-state index >= 15 is 0 Å². The van der Waals surface area contributed by atoms with E-state index < -0.39 is 6.16 Å². The fourth-order valence-electron chi connectivity index (χ4n) is 0.607. The topological polar surface area (TPSA) is 65.0 Å². The zero-order valence-corrected chi connectivity index (χ0v) is 7.99. The molecule has 5 nitrogen and oxygen atoms in total. The Bertz CT molecular complexity index is 134. The van der Waals surface area contributed by atoms with Gasteiger partial charge in [-0.15, -0.1) is 0 Å². The van der Waals surface area contributed by atoms with Crippen LogP contribution >= 0.6 is 0 Å². The highest BCUT2D eigenvalue weighted by Gasteiger charge is 1.97. The van der Waals surface area contributed by atoms with Crippen LogP contribution in [0, 0.1) is 0 Å². The van der Waals surface area contributed by atoms with Gasteiger partial charge in [0.25, 0.3) is 0 Å². The lowest BCUT2D eigenvalue weighted by molar-refractivity contribution is -0.317. The Labute approximate surface area is 77.5 Å². The first-order valence-electron chi connectivity index (χ1n) is 4.27. The van der Waals surface area contributed by atoms with Gasteiger partial charge >= 0.3 is 6.16 Å². The molecule has 0 aromatic rings. The SMILES string of the molecule is CC(C)OOCCCCOC(=O)O. The Morgan fingerprint density at radius 3 is 2.46 bits per heavy atom. The summed E-state index contributed by atoms with van der Waals surface area (Å²) in [5.74, 6) is 0. The van der Waals surface area contributed by atoms with Gasteiger partial charge in [0, 0.05) is 0 Å². The summed E-state index contributed by atoms with van der Waals surface area (Å²) in [4.78, 5) is 19.5. The summed E-state index contributed by atoms with van der Waals surface area (Å²) in [5.41, 5.74) is 0. The minimum Gasteiger partial charge on any atom is -0.450 e. The summed E-state index contributed by atoms with van der Waals surface area (Å²) < 4.78 is 4.29. The Hall–Kier alpha value is -0.810. The van der Waals surface area contributed by atoms with Crippen LogP contribution in [0.15, 0.2) is 0 Å². The highest BCUT2D eigenvalue weighted by Crippen LogP contribution is 1.94. The van der Waals surface area contributed by atoms with E-state index in [9.17, 15) is 4.79 Å². The van der Waals surface area contributed by atoms with Gasteiger partial charge in [-0.3, -0.25) is 0 Å². The zero-order chi connectivity index (χ0) is 10.1. The maximum atomic E-state index is 9.90. The molecule has 1 N–H and O–H groups in total. The average molecular weight is 192 g/mol. The average Bonchev–Trinajstić information content (AvgIpc) is 2.01. The Morgan fingerprint density at radius 2 is 1.92 bits per heavy atom. The molecule has 0 spiro atoms. The summed E-state index contributed by atoms with van der Waals surface area (Å²) in [6.07, 6.45) is 0.183. The van der Waals surface area contributed by atoms with Gasteiger partial charge in [-0.1, -0.05) is 0 Å². The van der Waals surface area contributed by atoms with Crippen LogP contribution in [0.25, 0.3) is 0 Å². The number of hydrogen-bond donors (Lipinski definition) is 1. The number of carboxylic acid groups (broad SMARTS) is 1. The standard InChI is InChI=1S/C8H16O5/c1-7(2)13-12-6-4-3-5-11-8(9)10/h7H,3-6H2,1-2H3,(H,9,10). The van der Waals surface area contributed by atoms with Crippen molar-refractivity contribution in [1.82, 2.24) is 0 Å². The highest BCUT2D eigenvalue weighted by molar-refractivity contribution is 5.56. The molecule has 0 heterocycles. The van der Waals surface area contributed by atoms with E-state index in [0.717, 1.165) is 6.42 Å². The van der Waals surface area contributed by atoms with Crippen molar-refractivity contribution in [1.29, 1.82) is 0 Å². The van der Waals surface area contributed by atoms with Gasteiger partial charge in [-0.05, 0) is 26.7 Å². The molecule has 0 amide bonds. The summed E-state index contributed by atoms with van der Waals surface area (Å²) in [6.45, 7) is 4.41. The van der Waals surface area contributed by atoms with E-state index in [2.05, 4.69) is 4.74 Å². The molecule has 0 aliphatic rings. The minimum atomic E-state index is -1.24. The normalized spacial score (nSPS) is 10.4. The van der Waals surface area contributed by atoms with Gasteiger partial charge in [0.1, 0.15) is 0 Å². The van der Waals surface area contributed by atoms with E-state index in [1.165, 1.54) is 0 Å². The minimum absolute atomic E-state index is 0.0512. The molecule has 0 aliphatic carbocycles. The van der Waals surface area contributed by atoms with Gasteiger partial charge in [0.2, 0.25) is 0 Å². The predicted molar refractivity (Wildman–Crippen MR) is 45.4 cm³/mol. The Kier molecular flexibility index (Phi) is 7.33. The van der Waals surface area contributed by atoms with Crippen LogP contribution in [0.5, 0.6) is 0 Å². The van der Waals surface area contributed by atoms with Gasteiger partial charge in [-0.2, -0.15) is 0 Å². The number of hydrogen-bond acceptors (Lipinski definition) is 4. The van der Waals surface area contributed by atoms with E-state index in [1.54, 1.807) is 0 Å². The molecule has 0 saturated heterocycles. The highest BCUT2D eigenvalue weighted by atomic mass is 17.2. The first-order valence-corrected chi connectivity index (χ1v) is 4.27. The maximum Gasteiger partial charge on any atom is 0.505 e. The lowest BCUT2D eigenvalue weighted by Crippen LogP contribution is -2.06. The predicted octanol–water partition coefficient (Wildman–Crippen LogP) is 1.82. The fourth-order valence-corrected chi connectivity index (χ4v) is 0.607. The Morgan fingerprint density at radius 1 is 1.31 bits per heavy atom. The molecule has 0 fully saturated rings. The molecule has 0 aromatic carbocycles. The Balaban J connectivity index is 2.96. The number of ether oxygens (including phenoxy) is 1. The molecule has 0 aromatic heterocycles. The van der Waals surface area contributed by atoms with Crippen LogP contribution in [-0.2, 0) is 14.5 Å². The zero-order valence-electron chi connectivity index (χ0n) is 7.99. The van der Waals surface area contributed by atoms with E-state index in [0.29, 0.717) is 13.0 Å². The summed E-state index contributed by atoms with van der Waals surface area (Å²) in [6, 6.07) is 0. The fraction of sp³-hybridized carbons (Fsp3) is 0.875. The lowest BCUT2D eigenvalue weighted by atomic mass is 10.3. The van der Waals surface area contributed by atoms with Crippen molar-refractivity contribution in [2.24, 2.45) is 0 Å². The molecule has 0 saturated carbocycles. The van der Waals surface area contributed by atoms with Crippen LogP contribution in [0.1, 0.15) is 26.7 Å². The van der Waals surface area contributed by atoms with Crippen LogP contribution in [-0.4, -0.2) is 30.6 Å². The third-order valence-corrected chi connectivity index (χ3v) is 1.11.